The summed E-state index contributed by atoms with van der Waals surface area (Å²) in [6.07, 6.45) is 8.34. The molecule has 0 saturated carbocycles. The second-order valence-electron chi connectivity index (χ2n) is 6.04. The number of nitrogens with zero attached hydrogens (tertiary/aromatic N) is 4. The van der Waals surface area contributed by atoms with Crippen LogP contribution in [0.3, 0.4) is 0 Å². The van der Waals surface area contributed by atoms with E-state index in [0.29, 0.717) is 0 Å². The van der Waals surface area contributed by atoms with Crippen LogP contribution in [0.1, 0.15) is 24.7 Å². The standard InChI is InChI=1S/C16H20N6O/c1-12(23)20-8-10-21(11-9-20)22-7-6-15(19-22)16-17-13-4-2-3-5-14(13)18-16/h2,4,6-7H,3,5,8-11H2,1H3,(H,17,18,19)/p+1. The summed E-state index contributed by atoms with van der Waals surface area (Å²) in [6, 6.07) is 2.03. The molecular formula is C16H21N6O+. The first-order chi connectivity index (χ1) is 11.2. The fourth-order valence-electron chi connectivity index (χ4n) is 3.17. The van der Waals surface area contributed by atoms with E-state index in [1.807, 2.05) is 22.0 Å². The number of allylic oxidation sites excluding steroid dienone is 1. The Hall–Kier alpha value is -2.57. The van der Waals surface area contributed by atoms with Crippen LogP contribution in [0.4, 0.5) is 0 Å². The van der Waals surface area contributed by atoms with Crippen LogP contribution < -0.4 is 9.80 Å². The van der Waals surface area contributed by atoms with Gasteiger partial charge in [-0.25, -0.2) is 4.98 Å². The molecule has 1 amide bonds. The summed E-state index contributed by atoms with van der Waals surface area (Å²) in [5, 5.41) is 5.57. The molecule has 2 aromatic heterocycles. The summed E-state index contributed by atoms with van der Waals surface area (Å²) in [5.41, 5.74) is 3.22. The highest BCUT2D eigenvalue weighted by atomic mass is 16.2. The Morgan fingerprint density at radius 1 is 1.30 bits per heavy atom. The minimum atomic E-state index is 0.149. The number of hydrogen-bond acceptors (Lipinski definition) is 3. The number of imidazole rings is 1. The molecule has 1 saturated heterocycles. The topological polar surface area (TPSA) is 71.9 Å². The Kier molecular flexibility index (Phi) is 3.40. The lowest BCUT2D eigenvalue weighted by atomic mass is 10.1. The highest BCUT2D eigenvalue weighted by Gasteiger charge is 2.25. The Morgan fingerprint density at radius 2 is 2.13 bits per heavy atom. The van der Waals surface area contributed by atoms with Crippen LogP contribution in [0.2, 0.25) is 0 Å². The van der Waals surface area contributed by atoms with Gasteiger partial charge in [-0.15, -0.1) is 5.10 Å². The third-order valence-electron chi connectivity index (χ3n) is 4.53. The SMILES string of the molecule is CC(=O)N1CCN([n+]2ccc(-c3nc4c([nH]3)CCC=C4)[nH]2)CC1. The smallest absolute Gasteiger partial charge is 0.230 e. The first kappa shape index (κ1) is 14.0. The summed E-state index contributed by atoms with van der Waals surface area (Å²) in [7, 11) is 0. The maximum Gasteiger partial charge on any atom is 0.230 e. The fraction of sp³-hybridized carbons (Fsp3) is 0.438. The van der Waals surface area contributed by atoms with Crippen molar-refractivity contribution in [2.75, 3.05) is 31.2 Å². The predicted molar refractivity (Wildman–Crippen MR) is 86.1 cm³/mol. The zero-order chi connectivity index (χ0) is 15.8. The minimum Gasteiger partial charge on any atom is -0.340 e. The van der Waals surface area contributed by atoms with Crippen molar-refractivity contribution in [3.63, 3.8) is 0 Å². The first-order valence-corrected chi connectivity index (χ1v) is 8.08. The van der Waals surface area contributed by atoms with Crippen LogP contribution >= 0.6 is 0 Å². The molecule has 2 aliphatic rings. The van der Waals surface area contributed by atoms with Gasteiger partial charge in [0, 0.05) is 36.6 Å². The van der Waals surface area contributed by atoms with Crippen molar-refractivity contribution in [3.8, 4) is 11.5 Å². The number of fused-ring (bicyclic) bond motifs is 1. The molecule has 7 nitrogen and oxygen atoms in total. The Bertz CT molecular complexity index is 750. The van der Waals surface area contributed by atoms with Crippen LogP contribution in [-0.2, 0) is 11.2 Å². The molecule has 0 bridgehead atoms. The van der Waals surface area contributed by atoms with Crippen molar-refractivity contribution < 1.29 is 9.59 Å². The molecule has 3 heterocycles. The van der Waals surface area contributed by atoms with Crippen molar-refractivity contribution in [3.05, 3.63) is 29.7 Å². The second kappa shape index (κ2) is 5.57. The van der Waals surface area contributed by atoms with E-state index in [1.165, 1.54) is 5.69 Å². The number of H-pyrrole nitrogens is 2. The highest BCUT2D eigenvalue weighted by Crippen LogP contribution is 2.21. The van der Waals surface area contributed by atoms with Gasteiger partial charge >= 0.3 is 0 Å². The van der Waals surface area contributed by atoms with Crippen molar-refractivity contribution in [2.45, 2.75) is 19.8 Å². The highest BCUT2D eigenvalue weighted by molar-refractivity contribution is 5.73. The Labute approximate surface area is 134 Å². The molecule has 2 aromatic rings. The normalized spacial score (nSPS) is 17.4. The molecule has 0 unspecified atom stereocenters. The maximum absolute atomic E-state index is 11.4. The van der Waals surface area contributed by atoms with Gasteiger partial charge in [0.2, 0.25) is 12.1 Å². The molecule has 4 rings (SSSR count). The number of aromatic amines is 2. The summed E-state index contributed by atoms with van der Waals surface area (Å²) in [6.45, 7) is 4.79. The van der Waals surface area contributed by atoms with Crippen LogP contribution in [-0.4, -0.2) is 52.1 Å². The fourth-order valence-corrected chi connectivity index (χ4v) is 3.17. The van der Waals surface area contributed by atoms with Crippen LogP contribution in [0.5, 0.6) is 0 Å². The van der Waals surface area contributed by atoms with Crippen LogP contribution in [0.25, 0.3) is 17.6 Å². The van der Waals surface area contributed by atoms with Crippen LogP contribution in [0, 0.1) is 0 Å². The molecule has 0 aromatic carbocycles. The van der Waals surface area contributed by atoms with Gasteiger partial charge < -0.3 is 9.88 Å². The van der Waals surface area contributed by atoms with Gasteiger partial charge in [0.05, 0.1) is 18.8 Å². The summed E-state index contributed by atoms with van der Waals surface area (Å²) < 4.78 is 0. The number of piperazine rings is 1. The second-order valence-corrected chi connectivity index (χ2v) is 6.04. The van der Waals surface area contributed by atoms with Gasteiger partial charge in [0.1, 0.15) is 5.69 Å². The average Bonchev–Trinajstić information content (AvgIpc) is 3.21. The lowest BCUT2D eigenvalue weighted by Crippen LogP contribution is -2.65. The quantitative estimate of drug-likeness (QED) is 0.791. The van der Waals surface area contributed by atoms with Gasteiger partial charge in [-0.05, 0) is 18.9 Å². The summed E-state index contributed by atoms with van der Waals surface area (Å²) in [4.78, 5) is 23.3. The largest absolute Gasteiger partial charge is 0.340 e. The van der Waals surface area contributed by atoms with Gasteiger partial charge in [-0.3, -0.25) is 4.79 Å². The van der Waals surface area contributed by atoms with Crippen molar-refractivity contribution >= 4 is 12.0 Å². The molecule has 0 spiro atoms. The third-order valence-corrected chi connectivity index (χ3v) is 4.53. The van der Waals surface area contributed by atoms with Crippen LogP contribution in [0.15, 0.2) is 18.3 Å². The van der Waals surface area contributed by atoms with Gasteiger partial charge in [-0.1, -0.05) is 6.08 Å². The zero-order valence-corrected chi connectivity index (χ0v) is 13.2. The molecule has 2 N–H and O–H groups in total. The molecular weight excluding hydrogens is 292 g/mol. The van der Waals surface area contributed by atoms with E-state index in [1.54, 1.807) is 6.92 Å². The van der Waals surface area contributed by atoms with E-state index >= 15 is 0 Å². The molecule has 1 aliphatic heterocycles. The number of amides is 1. The zero-order valence-electron chi connectivity index (χ0n) is 13.2. The van der Waals surface area contributed by atoms with E-state index in [9.17, 15) is 4.79 Å². The Morgan fingerprint density at radius 3 is 2.87 bits per heavy atom. The Balaban J connectivity index is 1.50. The lowest BCUT2D eigenvalue weighted by molar-refractivity contribution is -0.746. The van der Waals surface area contributed by atoms with E-state index in [-0.39, 0.29) is 5.91 Å². The van der Waals surface area contributed by atoms with Gasteiger partial charge in [0.15, 0.2) is 5.82 Å². The molecule has 1 fully saturated rings. The van der Waals surface area contributed by atoms with E-state index in [0.717, 1.165) is 56.2 Å². The molecule has 0 atom stereocenters. The number of aromatic nitrogens is 4. The van der Waals surface area contributed by atoms with E-state index in [2.05, 4.69) is 32.2 Å². The lowest BCUT2D eigenvalue weighted by Gasteiger charge is -2.29. The van der Waals surface area contributed by atoms with E-state index < -0.39 is 0 Å². The number of aryl methyl sites for hydroxylation is 1. The number of carbonyl (C=O) groups excluding carboxylic acids is 1. The van der Waals surface area contributed by atoms with Crippen molar-refractivity contribution in [1.29, 1.82) is 0 Å². The number of carbonyl (C=O) groups is 1. The first-order valence-electron chi connectivity index (χ1n) is 8.08. The molecule has 7 heteroatoms. The molecule has 120 valence electrons. The summed E-state index contributed by atoms with van der Waals surface area (Å²) >= 11 is 0. The van der Waals surface area contributed by atoms with Crippen molar-refractivity contribution in [1.82, 2.24) is 20.0 Å². The average molecular weight is 313 g/mol. The summed E-state index contributed by atoms with van der Waals surface area (Å²) in [5.74, 6) is 1.03. The van der Waals surface area contributed by atoms with Gasteiger partial charge in [-0.2, -0.15) is 5.01 Å². The van der Waals surface area contributed by atoms with Gasteiger partial charge in [0.25, 0.3) is 0 Å². The molecule has 0 radical (unpaired) electrons. The molecule has 23 heavy (non-hydrogen) atoms. The monoisotopic (exact) mass is 313 g/mol. The number of rotatable bonds is 2. The minimum absolute atomic E-state index is 0.149. The number of nitrogens with one attached hydrogen (secondary N) is 2. The third kappa shape index (κ3) is 2.62. The van der Waals surface area contributed by atoms with Crippen molar-refractivity contribution in [2.24, 2.45) is 0 Å². The maximum atomic E-state index is 11.4. The van der Waals surface area contributed by atoms with E-state index in [4.69, 9.17) is 0 Å². The molecule has 1 aliphatic carbocycles. The number of hydrogen-bond donors (Lipinski definition) is 2. The predicted octanol–water partition coefficient (Wildman–Crippen LogP) is 0.452.